The standard InChI is InChI=1S/C17H29N3O2S/c1-13(2)15(20-6-8-22-9-7-20)11-18-17(21)19(4)12-16-14(3)5-10-23-16/h5,10,13,15H,6-9,11-12H2,1-4H3,(H,18,21). The number of hydrogen-bond donors (Lipinski definition) is 1. The number of thiophene rings is 1. The molecule has 1 aliphatic heterocycles. The van der Waals surface area contributed by atoms with Crippen LogP contribution in [0.3, 0.4) is 0 Å². The summed E-state index contributed by atoms with van der Waals surface area (Å²) in [5.41, 5.74) is 1.25. The molecular formula is C17H29N3O2S. The Morgan fingerprint density at radius 1 is 1.43 bits per heavy atom. The number of carbonyl (C=O) groups excluding carboxylic acids is 1. The van der Waals surface area contributed by atoms with E-state index in [1.807, 2.05) is 7.05 Å². The molecule has 0 aromatic carbocycles. The maximum absolute atomic E-state index is 12.4. The molecule has 1 atom stereocenters. The average molecular weight is 340 g/mol. The van der Waals surface area contributed by atoms with E-state index in [0.29, 0.717) is 25.0 Å². The average Bonchev–Trinajstić information content (AvgIpc) is 2.93. The van der Waals surface area contributed by atoms with Crippen molar-refractivity contribution >= 4 is 17.4 Å². The van der Waals surface area contributed by atoms with Gasteiger partial charge in [0.2, 0.25) is 0 Å². The fourth-order valence-corrected chi connectivity index (χ4v) is 3.83. The third-order valence-corrected chi connectivity index (χ3v) is 5.45. The van der Waals surface area contributed by atoms with Gasteiger partial charge in [0.25, 0.3) is 0 Å². The van der Waals surface area contributed by atoms with Crippen molar-refractivity contribution in [1.82, 2.24) is 15.1 Å². The van der Waals surface area contributed by atoms with E-state index in [-0.39, 0.29) is 6.03 Å². The first-order chi connectivity index (χ1) is 11.0. The van der Waals surface area contributed by atoms with Gasteiger partial charge in [-0.05, 0) is 29.9 Å². The van der Waals surface area contributed by atoms with Crippen LogP contribution < -0.4 is 5.32 Å². The molecule has 0 radical (unpaired) electrons. The highest BCUT2D eigenvalue weighted by Crippen LogP contribution is 2.17. The first kappa shape index (κ1) is 18.2. The number of aryl methyl sites for hydroxylation is 1. The van der Waals surface area contributed by atoms with Gasteiger partial charge >= 0.3 is 6.03 Å². The lowest BCUT2D eigenvalue weighted by Crippen LogP contribution is -2.52. The fourth-order valence-electron chi connectivity index (χ4n) is 2.88. The number of nitrogens with zero attached hydrogens (tertiary/aromatic N) is 2. The second-order valence-electron chi connectivity index (χ2n) is 6.53. The van der Waals surface area contributed by atoms with Crippen LogP contribution in [0.5, 0.6) is 0 Å². The number of hydrogen-bond acceptors (Lipinski definition) is 4. The summed E-state index contributed by atoms with van der Waals surface area (Å²) in [6.45, 7) is 11.3. The molecule has 1 saturated heterocycles. The monoisotopic (exact) mass is 339 g/mol. The van der Waals surface area contributed by atoms with E-state index in [1.165, 1.54) is 10.4 Å². The van der Waals surface area contributed by atoms with Crippen LogP contribution in [-0.2, 0) is 11.3 Å². The van der Waals surface area contributed by atoms with E-state index in [9.17, 15) is 4.79 Å². The first-order valence-electron chi connectivity index (χ1n) is 8.32. The zero-order valence-corrected chi connectivity index (χ0v) is 15.5. The molecule has 1 aromatic heterocycles. The molecular weight excluding hydrogens is 310 g/mol. The maximum atomic E-state index is 12.4. The van der Waals surface area contributed by atoms with Gasteiger partial charge in [0, 0.05) is 37.6 Å². The molecule has 0 spiro atoms. The molecule has 1 fully saturated rings. The smallest absolute Gasteiger partial charge is 0.317 e. The quantitative estimate of drug-likeness (QED) is 0.866. The number of carbonyl (C=O) groups is 1. The van der Waals surface area contributed by atoms with Gasteiger partial charge in [0.1, 0.15) is 0 Å². The number of morpholine rings is 1. The van der Waals surface area contributed by atoms with Crippen LogP contribution in [-0.4, -0.2) is 61.8 Å². The summed E-state index contributed by atoms with van der Waals surface area (Å²) in [5, 5.41) is 5.18. The summed E-state index contributed by atoms with van der Waals surface area (Å²) in [5.74, 6) is 0.498. The molecule has 2 heterocycles. The van der Waals surface area contributed by atoms with Gasteiger partial charge in [-0.3, -0.25) is 4.90 Å². The molecule has 1 aromatic rings. The molecule has 2 rings (SSSR count). The fraction of sp³-hybridized carbons (Fsp3) is 0.706. The van der Waals surface area contributed by atoms with Gasteiger partial charge in [0.15, 0.2) is 0 Å². The lowest BCUT2D eigenvalue weighted by Gasteiger charge is -2.37. The normalized spacial score (nSPS) is 17.3. The molecule has 0 bridgehead atoms. The Balaban J connectivity index is 1.84. The van der Waals surface area contributed by atoms with E-state index in [2.05, 4.69) is 42.4 Å². The second-order valence-corrected chi connectivity index (χ2v) is 7.53. The van der Waals surface area contributed by atoms with Gasteiger partial charge in [-0.1, -0.05) is 13.8 Å². The molecule has 1 aliphatic rings. The Morgan fingerprint density at radius 2 is 2.13 bits per heavy atom. The van der Waals surface area contributed by atoms with E-state index in [0.717, 1.165) is 26.3 Å². The molecule has 1 N–H and O–H groups in total. The lowest BCUT2D eigenvalue weighted by atomic mass is 10.0. The van der Waals surface area contributed by atoms with Crippen molar-refractivity contribution in [2.75, 3.05) is 39.9 Å². The topological polar surface area (TPSA) is 44.8 Å². The van der Waals surface area contributed by atoms with Crippen molar-refractivity contribution in [3.8, 4) is 0 Å². The molecule has 130 valence electrons. The van der Waals surface area contributed by atoms with Gasteiger partial charge in [-0.2, -0.15) is 0 Å². The van der Waals surface area contributed by atoms with Crippen LogP contribution in [0.4, 0.5) is 4.79 Å². The molecule has 6 heteroatoms. The number of ether oxygens (including phenoxy) is 1. The minimum atomic E-state index is -0.00305. The molecule has 5 nitrogen and oxygen atoms in total. The van der Waals surface area contributed by atoms with E-state index >= 15 is 0 Å². The highest BCUT2D eigenvalue weighted by molar-refractivity contribution is 7.10. The Hall–Kier alpha value is -1.11. The highest BCUT2D eigenvalue weighted by atomic mass is 32.1. The van der Waals surface area contributed by atoms with E-state index in [1.54, 1.807) is 16.2 Å². The van der Waals surface area contributed by atoms with E-state index < -0.39 is 0 Å². The minimum Gasteiger partial charge on any atom is -0.379 e. The Kier molecular flexibility index (Phi) is 6.87. The van der Waals surface area contributed by atoms with Gasteiger partial charge < -0.3 is 15.0 Å². The SMILES string of the molecule is Cc1ccsc1CN(C)C(=O)NCC(C(C)C)N1CCOCC1. The van der Waals surface area contributed by atoms with Gasteiger partial charge in [0.05, 0.1) is 19.8 Å². The summed E-state index contributed by atoms with van der Waals surface area (Å²) >= 11 is 1.70. The first-order valence-corrected chi connectivity index (χ1v) is 9.20. The number of rotatable bonds is 6. The lowest BCUT2D eigenvalue weighted by molar-refractivity contribution is 0.00698. The summed E-state index contributed by atoms with van der Waals surface area (Å²) in [6.07, 6.45) is 0. The summed E-state index contributed by atoms with van der Waals surface area (Å²) < 4.78 is 5.43. The predicted octanol–water partition coefficient (Wildman–Crippen LogP) is 2.55. The molecule has 23 heavy (non-hydrogen) atoms. The molecule has 0 saturated carbocycles. The van der Waals surface area contributed by atoms with Crippen LogP contribution in [0.25, 0.3) is 0 Å². The van der Waals surface area contributed by atoms with Crippen LogP contribution in [0.2, 0.25) is 0 Å². The van der Waals surface area contributed by atoms with Crippen LogP contribution in [0, 0.1) is 12.8 Å². The van der Waals surface area contributed by atoms with Crippen molar-refractivity contribution < 1.29 is 9.53 Å². The Morgan fingerprint density at radius 3 is 2.70 bits per heavy atom. The number of amides is 2. The number of nitrogens with one attached hydrogen (secondary N) is 1. The number of urea groups is 1. The van der Waals surface area contributed by atoms with E-state index in [4.69, 9.17) is 4.74 Å². The largest absolute Gasteiger partial charge is 0.379 e. The van der Waals surface area contributed by atoms with Crippen molar-refractivity contribution in [2.45, 2.75) is 33.4 Å². The zero-order valence-electron chi connectivity index (χ0n) is 14.7. The van der Waals surface area contributed by atoms with Gasteiger partial charge in [-0.15, -0.1) is 11.3 Å². The highest BCUT2D eigenvalue weighted by Gasteiger charge is 2.24. The molecule has 2 amide bonds. The maximum Gasteiger partial charge on any atom is 0.317 e. The van der Waals surface area contributed by atoms with Crippen molar-refractivity contribution in [2.24, 2.45) is 5.92 Å². The van der Waals surface area contributed by atoms with Gasteiger partial charge in [-0.25, -0.2) is 4.79 Å². The Bertz CT molecular complexity index is 498. The molecule has 0 aliphatic carbocycles. The summed E-state index contributed by atoms with van der Waals surface area (Å²) in [7, 11) is 1.85. The Labute approximate surface area is 143 Å². The van der Waals surface area contributed by atoms with Crippen LogP contribution >= 0.6 is 11.3 Å². The molecule has 1 unspecified atom stereocenters. The third kappa shape index (κ3) is 5.19. The van der Waals surface area contributed by atoms with Crippen molar-refractivity contribution in [1.29, 1.82) is 0 Å². The van der Waals surface area contributed by atoms with Crippen LogP contribution in [0.15, 0.2) is 11.4 Å². The summed E-state index contributed by atoms with van der Waals surface area (Å²) in [6, 6.07) is 2.45. The predicted molar refractivity (Wildman–Crippen MR) is 94.9 cm³/mol. The van der Waals surface area contributed by atoms with Crippen LogP contribution in [0.1, 0.15) is 24.3 Å². The van der Waals surface area contributed by atoms with Crippen molar-refractivity contribution in [3.63, 3.8) is 0 Å². The second kappa shape index (κ2) is 8.66. The zero-order chi connectivity index (χ0) is 16.8. The minimum absolute atomic E-state index is 0.00305. The summed E-state index contributed by atoms with van der Waals surface area (Å²) in [4.78, 5) is 17.8. The third-order valence-electron chi connectivity index (χ3n) is 4.44. The van der Waals surface area contributed by atoms with Crippen molar-refractivity contribution in [3.05, 3.63) is 21.9 Å².